The summed E-state index contributed by atoms with van der Waals surface area (Å²) in [6.07, 6.45) is -0.724. The van der Waals surface area contributed by atoms with E-state index in [4.69, 9.17) is 4.42 Å². The molecule has 1 aromatic heterocycles. The zero-order valence-electron chi connectivity index (χ0n) is 15.6. The molecule has 150 valence electrons. The van der Waals surface area contributed by atoms with Crippen LogP contribution in [0.25, 0.3) is 23.1 Å². The molecule has 0 aliphatic heterocycles. The Bertz CT molecular complexity index is 1210. The zero-order valence-corrected chi connectivity index (χ0v) is 15.6. The predicted molar refractivity (Wildman–Crippen MR) is 111 cm³/mol. The number of para-hydroxylation sites is 1. The predicted octanol–water partition coefficient (Wildman–Crippen LogP) is 6.87. The maximum Gasteiger partial charge on any atom is 0.416 e. The summed E-state index contributed by atoms with van der Waals surface area (Å²) in [5, 5.41) is 3.49. The molecule has 4 aromatic rings. The van der Waals surface area contributed by atoms with Crippen molar-refractivity contribution < 1.29 is 22.4 Å². The van der Waals surface area contributed by atoms with Gasteiger partial charge >= 0.3 is 6.18 Å². The first-order valence-electron chi connectivity index (χ1n) is 9.15. The number of furan rings is 1. The molecule has 0 fully saturated rings. The second-order valence-corrected chi connectivity index (χ2v) is 6.61. The van der Waals surface area contributed by atoms with Crippen LogP contribution >= 0.6 is 0 Å². The van der Waals surface area contributed by atoms with E-state index in [0.29, 0.717) is 11.1 Å². The Morgan fingerprint density at radius 1 is 0.833 bits per heavy atom. The SMILES string of the molecule is O=C(Nc1oc2ccccc2c1/C=C/c1ccccc1)c1ccc(C(F)(F)F)cc1. The van der Waals surface area contributed by atoms with Gasteiger partial charge in [-0.25, -0.2) is 0 Å². The number of rotatable bonds is 4. The van der Waals surface area contributed by atoms with Crippen LogP contribution < -0.4 is 5.32 Å². The van der Waals surface area contributed by atoms with Crippen molar-refractivity contribution in [3.05, 3.63) is 101 Å². The number of carbonyl (C=O) groups is 1. The lowest BCUT2D eigenvalue weighted by Gasteiger charge is -2.08. The standard InChI is InChI=1S/C24H16F3NO2/c25-24(26,27)18-13-11-17(12-14-18)22(29)28-23-20(15-10-16-6-2-1-3-7-16)19-8-4-5-9-21(19)30-23/h1-15H,(H,28,29)/b15-10+. The van der Waals surface area contributed by atoms with Crippen LogP contribution in [0.15, 0.2) is 83.3 Å². The number of fused-ring (bicyclic) bond motifs is 1. The van der Waals surface area contributed by atoms with Gasteiger partial charge in [0, 0.05) is 16.5 Å². The zero-order chi connectivity index (χ0) is 21.1. The Balaban J connectivity index is 1.65. The monoisotopic (exact) mass is 407 g/mol. The van der Waals surface area contributed by atoms with E-state index in [1.807, 2.05) is 60.7 Å². The van der Waals surface area contributed by atoms with Gasteiger partial charge in [-0.1, -0.05) is 54.6 Å². The Morgan fingerprint density at radius 2 is 1.50 bits per heavy atom. The van der Waals surface area contributed by atoms with Crippen molar-refractivity contribution in [2.24, 2.45) is 0 Å². The van der Waals surface area contributed by atoms with Gasteiger partial charge in [-0.05, 0) is 42.0 Å². The fourth-order valence-electron chi connectivity index (χ4n) is 3.05. The number of carbonyl (C=O) groups excluding carboxylic acids is 1. The lowest BCUT2D eigenvalue weighted by atomic mass is 10.1. The highest BCUT2D eigenvalue weighted by Gasteiger charge is 2.30. The van der Waals surface area contributed by atoms with Crippen LogP contribution in [0.2, 0.25) is 0 Å². The summed E-state index contributed by atoms with van der Waals surface area (Å²) in [6, 6.07) is 21.0. The highest BCUT2D eigenvalue weighted by atomic mass is 19.4. The van der Waals surface area contributed by atoms with E-state index >= 15 is 0 Å². The molecule has 0 saturated carbocycles. The summed E-state index contributed by atoms with van der Waals surface area (Å²) in [5.74, 6) is -0.328. The lowest BCUT2D eigenvalue weighted by molar-refractivity contribution is -0.137. The Morgan fingerprint density at radius 3 is 2.20 bits per heavy atom. The van der Waals surface area contributed by atoms with Gasteiger partial charge in [0.05, 0.1) is 5.56 Å². The molecular weight excluding hydrogens is 391 g/mol. The second kappa shape index (κ2) is 7.91. The van der Waals surface area contributed by atoms with E-state index in [1.165, 1.54) is 0 Å². The lowest BCUT2D eigenvalue weighted by Crippen LogP contribution is -2.13. The first-order chi connectivity index (χ1) is 14.4. The molecule has 30 heavy (non-hydrogen) atoms. The second-order valence-electron chi connectivity index (χ2n) is 6.61. The molecule has 0 aliphatic rings. The van der Waals surface area contributed by atoms with Crippen LogP contribution in [0, 0.1) is 0 Å². The quantitative estimate of drug-likeness (QED) is 0.401. The number of hydrogen-bond donors (Lipinski definition) is 1. The summed E-state index contributed by atoms with van der Waals surface area (Å²) in [5.41, 5.74) is 1.53. The van der Waals surface area contributed by atoms with Crippen LogP contribution in [0.5, 0.6) is 0 Å². The summed E-state index contributed by atoms with van der Waals surface area (Å²) >= 11 is 0. The molecule has 3 nitrogen and oxygen atoms in total. The molecule has 0 radical (unpaired) electrons. The number of halogens is 3. The van der Waals surface area contributed by atoms with Gasteiger partial charge in [-0.3, -0.25) is 10.1 Å². The highest BCUT2D eigenvalue weighted by molar-refractivity contribution is 6.07. The Kier molecular flexibility index (Phi) is 5.14. The van der Waals surface area contributed by atoms with E-state index in [9.17, 15) is 18.0 Å². The van der Waals surface area contributed by atoms with Crippen molar-refractivity contribution >= 4 is 34.9 Å². The van der Waals surface area contributed by atoms with E-state index in [0.717, 1.165) is 35.2 Å². The first kappa shape index (κ1) is 19.5. The third-order valence-electron chi connectivity index (χ3n) is 4.58. The van der Waals surface area contributed by atoms with Crippen LogP contribution in [-0.4, -0.2) is 5.91 Å². The van der Waals surface area contributed by atoms with Crippen molar-refractivity contribution in [3.8, 4) is 0 Å². The number of hydrogen-bond acceptors (Lipinski definition) is 2. The number of benzene rings is 3. The molecule has 0 atom stereocenters. The first-order valence-corrected chi connectivity index (χ1v) is 9.15. The number of nitrogens with one attached hydrogen (secondary N) is 1. The third kappa shape index (κ3) is 4.12. The van der Waals surface area contributed by atoms with E-state index in [1.54, 1.807) is 6.07 Å². The van der Waals surface area contributed by atoms with E-state index < -0.39 is 17.6 Å². The summed E-state index contributed by atoms with van der Waals surface area (Å²) in [7, 11) is 0. The molecule has 0 spiro atoms. The van der Waals surface area contributed by atoms with Gasteiger partial charge in [-0.2, -0.15) is 13.2 Å². The average molecular weight is 407 g/mol. The third-order valence-corrected chi connectivity index (χ3v) is 4.58. The van der Waals surface area contributed by atoms with Crippen LogP contribution in [0.3, 0.4) is 0 Å². The average Bonchev–Trinajstić information content (AvgIpc) is 3.09. The molecule has 0 unspecified atom stereocenters. The molecule has 3 aromatic carbocycles. The minimum absolute atomic E-state index is 0.0986. The summed E-state index contributed by atoms with van der Waals surface area (Å²) in [6.45, 7) is 0. The van der Waals surface area contributed by atoms with Gasteiger partial charge in [0.15, 0.2) is 0 Å². The van der Waals surface area contributed by atoms with Gasteiger partial charge in [0.2, 0.25) is 5.88 Å². The maximum absolute atomic E-state index is 12.7. The van der Waals surface area contributed by atoms with E-state index in [2.05, 4.69) is 5.32 Å². The molecular formula is C24H16F3NO2. The number of amides is 1. The van der Waals surface area contributed by atoms with Gasteiger partial charge in [0.25, 0.3) is 5.91 Å². The van der Waals surface area contributed by atoms with Gasteiger partial charge in [-0.15, -0.1) is 0 Å². The Labute approximate surface area is 170 Å². The maximum atomic E-state index is 12.7. The molecule has 0 saturated heterocycles. The summed E-state index contributed by atoms with van der Waals surface area (Å²) < 4.78 is 44.0. The Hall–Kier alpha value is -3.80. The van der Waals surface area contributed by atoms with Crippen molar-refractivity contribution in [2.45, 2.75) is 6.18 Å². The summed E-state index contributed by atoms with van der Waals surface area (Å²) in [4.78, 5) is 12.6. The molecule has 6 heteroatoms. The van der Waals surface area contributed by atoms with Crippen LogP contribution in [0.1, 0.15) is 27.0 Å². The van der Waals surface area contributed by atoms with Crippen LogP contribution in [0.4, 0.5) is 19.1 Å². The van der Waals surface area contributed by atoms with Crippen molar-refractivity contribution in [3.63, 3.8) is 0 Å². The largest absolute Gasteiger partial charge is 0.440 e. The molecule has 4 rings (SSSR count). The van der Waals surface area contributed by atoms with Crippen molar-refractivity contribution in [1.29, 1.82) is 0 Å². The molecule has 1 N–H and O–H groups in total. The van der Waals surface area contributed by atoms with Gasteiger partial charge in [0.1, 0.15) is 5.58 Å². The molecule has 1 amide bonds. The fraction of sp³-hybridized carbons (Fsp3) is 0.0417. The van der Waals surface area contributed by atoms with Crippen molar-refractivity contribution in [2.75, 3.05) is 5.32 Å². The minimum atomic E-state index is -4.46. The smallest absolute Gasteiger partial charge is 0.416 e. The molecule has 0 aliphatic carbocycles. The normalized spacial score (nSPS) is 11.8. The fourth-order valence-corrected chi connectivity index (χ4v) is 3.05. The van der Waals surface area contributed by atoms with E-state index in [-0.39, 0.29) is 11.4 Å². The topological polar surface area (TPSA) is 42.2 Å². The van der Waals surface area contributed by atoms with Gasteiger partial charge < -0.3 is 4.42 Å². The molecule has 0 bridgehead atoms. The highest BCUT2D eigenvalue weighted by Crippen LogP contribution is 2.32. The molecule has 1 heterocycles. The number of anilines is 1. The number of alkyl halides is 3. The minimum Gasteiger partial charge on any atom is -0.440 e. The van der Waals surface area contributed by atoms with Crippen LogP contribution in [-0.2, 0) is 6.18 Å². The van der Waals surface area contributed by atoms with Crippen molar-refractivity contribution in [1.82, 2.24) is 0 Å².